The Labute approximate surface area is 130 Å². The molecule has 2 rings (SSSR count). The van der Waals surface area contributed by atoms with Crippen molar-refractivity contribution in [2.45, 2.75) is 0 Å². The number of hydrogen-bond acceptors (Lipinski definition) is 3. The van der Waals surface area contributed by atoms with Crippen LogP contribution in [0, 0.1) is 5.82 Å². The van der Waals surface area contributed by atoms with Gasteiger partial charge in [0.2, 0.25) is 5.91 Å². The van der Waals surface area contributed by atoms with Crippen molar-refractivity contribution < 1.29 is 14.0 Å². The quantitative estimate of drug-likeness (QED) is 0.669. The van der Waals surface area contributed by atoms with E-state index in [1.165, 1.54) is 48.7 Å². The third-order valence-corrected chi connectivity index (χ3v) is 2.98. The van der Waals surface area contributed by atoms with E-state index in [2.05, 4.69) is 10.5 Å². The Morgan fingerprint density at radius 2 is 1.82 bits per heavy atom. The number of hydrazone groups is 1. The fourth-order valence-electron chi connectivity index (χ4n) is 1.69. The molecule has 0 fully saturated rings. The van der Waals surface area contributed by atoms with Crippen molar-refractivity contribution >= 4 is 29.6 Å². The second-order valence-electron chi connectivity index (χ2n) is 4.30. The molecule has 0 saturated heterocycles. The standard InChI is InChI=1S/C15H11ClFN3O2/c16-10-3-6-12(14(18)21)13(7-10)15(22)20-19-8-9-1-4-11(17)5-2-9/h1-8H,(H2,18,21)(H,20,22). The van der Waals surface area contributed by atoms with E-state index in [9.17, 15) is 14.0 Å². The fraction of sp³-hybridized carbons (Fsp3) is 0. The minimum absolute atomic E-state index is 0.0243. The second-order valence-corrected chi connectivity index (χ2v) is 4.74. The van der Waals surface area contributed by atoms with Crippen molar-refractivity contribution in [2.24, 2.45) is 10.8 Å². The highest BCUT2D eigenvalue weighted by molar-refractivity contribution is 6.31. The lowest BCUT2D eigenvalue weighted by atomic mass is 10.1. The molecule has 0 spiro atoms. The zero-order chi connectivity index (χ0) is 16.1. The van der Waals surface area contributed by atoms with Crippen LogP contribution in [0.3, 0.4) is 0 Å². The molecule has 0 bridgehead atoms. The van der Waals surface area contributed by atoms with E-state index in [0.29, 0.717) is 5.56 Å². The molecular formula is C15H11ClFN3O2. The molecule has 0 aliphatic heterocycles. The normalized spacial score (nSPS) is 10.6. The van der Waals surface area contributed by atoms with Gasteiger partial charge >= 0.3 is 0 Å². The van der Waals surface area contributed by atoms with E-state index in [4.69, 9.17) is 17.3 Å². The number of nitrogens with zero attached hydrogens (tertiary/aromatic N) is 1. The highest BCUT2D eigenvalue weighted by Gasteiger charge is 2.15. The summed E-state index contributed by atoms with van der Waals surface area (Å²) in [5, 5.41) is 4.03. The topological polar surface area (TPSA) is 84.5 Å². The molecule has 0 heterocycles. The van der Waals surface area contributed by atoms with E-state index >= 15 is 0 Å². The zero-order valence-electron chi connectivity index (χ0n) is 11.2. The summed E-state index contributed by atoms with van der Waals surface area (Å²) in [6.07, 6.45) is 1.34. The zero-order valence-corrected chi connectivity index (χ0v) is 12.0. The molecule has 0 aromatic heterocycles. The van der Waals surface area contributed by atoms with E-state index < -0.39 is 11.8 Å². The van der Waals surface area contributed by atoms with Crippen molar-refractivity contribution in [1.29, 1.82) is 0 Å². The number of benzene rings is 2. The Morgan fingerprint density at radius 3 is 2.45 bits per heavy atom. The summed E-state index contributed by atoms with van der Waals surface area (Å²) in [6.45, 7) is 0. The maximum absolute atomic E-state index is 12.7. The fourth-order valence-corrected chi connectivity index (χ4v) is 1.87. The third-order valence-electron chi connectivity index (χ3n) is 2.74. The van der Waals surface area contributed by atoms with Crippen molar-refractivity contribution in [1.82, 2.24) is 5.43 Å². The van der Waals surface area contributed by atoms with Gasteiger partial charge in [-0.2, -0.15) is 5.10 Å². The summed E-state index contributed by atoms with van der Waals surface area (Å²) >= 11 is 5.80. The van der Waals surface area contributed by atoms with E-state index in [-0.39, 0.29) is 22.0 Å². The number of amides is 2. The monoisotopic (exact) mass is 319 g/mol. The smallest absolute Gasteiger partial charge is 0.272 e. The van der Waals surface area contributed by atoms with Crippen molar-refractivity contribution in [3.63, 3.8) is 0 Å². The summed E-state index contributed by atoms with van der Waals surface area (Å²) < 4.78 is 12.7. The average Bonchev–Trinajstić information content (AvgIpc) is 2.48. The van der Waals surface area contributed by atoms with Gasteiger partial charge in [0.05, 0.1) is 17.3 Å². The summed E-state index contributed by atoms with van der Waals surface area (Å²) in [4.78, 5) is 23.3. The molecule has 0 unspecified atom stereocenters. The Kier molecular flexibility index (Phi) is 4.85. The molecule has 0 atom stereocenters. The van der Waals surface area contributed by atoms with Gasteiger partial charge in [0.1, 0.15) is 5.82 Å². The predicted octanol–water partition coefficient (Wildman–Crippen LogP) is 2.34. The first kappa shape index (κ1) is 15.7. The van der Waals surface area contributed by atoms with Crippen LogP contribution in [0.15, 0.2) is 47.6 Å². The molecule has 2 amide bonds. The van der Waals surface area contributed by atoms with E-state index in [1.54, 1.807) is 0 Å². The van der Waals surface area contributed by atoms with Crippen LogP contribution in [-0.2, 0) is 0 Å². The maximum atomic E-state index is 12.7. The minimum atomic E-state index is -0.746. The van der Waals surface area contributed by atoms with Crippen LogP contribution < -0.4 is 11.2 Å². The van der Waals surface area contributed by atoms with Crippen LogP contribution in [0.25, 0.3) is 0 Å². The first-order valence-electron chi connectivity index (χ1n) is 6.15. The number of halogens is 2. The molecule has 22 heavy (non-hydrogen) atoms. The van der Waals surface area contributed by atoms with Gasteiger partial charge in [0.25, 0.3) is 5.91 Å². The number of carbonyl (C=O) groups excluding carboxylic acids is 2. The molecule has 0 aliphatic rings. The molecule has 3 N–H and O–H groups in total. The van der Waals surface area contributed by atoms with Crippen molar-refractivity contribution in [3.05, 3.63) is 70.0 Å². The average molecular weight is 320 g/mol. The number of rotatable bonds is 4. The molecule has 112 valence electrons. The highest BCUT2D eigenvalue weighted by atomic mass is 35.5. The molecular weight excluding hydrogens is 309 g/mol. The molecule has 5 nitrogen and oxygen atoms in total. The molecule has 0 aliphatic carbocycles. The maximum Gasteiger partial charge on any atom is 0.272 e. The number of primary amides is 1. The summed E-state index contributed by atoms with van der Waals surface area (Å²) in [7, 11) is 0. The van der Waals surface area contributed by atoms with Crippen LogP contribution in [0.4, 0.5) is 4.39 Å². The number of hydrogen-bond donors (Lipinski definition) is 2. The third kappa shape index (κ3) is 3.89. The molecule has 0 radical (unpaired) electrons. The lowest BCUT2D eigenvalue weighted by Gasteiger charge is -2.05. The van der Waals surface area contributed by atoms with Gasteiger partial charge < -0.3 is 5.73 Å². The van der Waals surface area contributed by atoms with E-state index in [1.807, 2.05) is 0 Å². The minimum Gasteiger partial charge on any atom is -0.366 e. The van der Waals surface area contributed by atoms with Crippen molar-refractivity contribution in [2.75, 3.05) is 0 Å². The number of nitrogens with one attached hydrogen (secondary N) is 1. The van der Waals surface area contributed by atoms with Crippen LogP contribution in [0.2, 0.25) is 5.02 Å². The number of carbonyl (C=O) groups is 2. The van der Waals surface area contributed by atoms with Gasteiger partial charge in [0, 0.05) is 5.02 Å². The van der Waals surface area contributed by atoms with Crippen LogP contribution in [-0.4, -0.2) is 18.0 Å². The van der Waals surface area contributed by atoms with Crippen LogP contribution >= 0.6 is 11.6 Å². The van der Waals surface area contributed by atoms with Crippen molar-refractivity contribution in [3.8, 4) is 0 Å². The van der Waals surface area contributed by atoms with Gasteiger partial charge in [-0.25, -0.2) is 9.82 Å². The van der Waals surface area contributed by atoms with Gasteiger partial charge in [0.15, 0.2) is 0 Å². The van der Waals surface area contributed by atoms with E-state index in [0.717, 1.165) is 0 Å². The summed E-state index contributed by atoms with van der Waals surface area (Å²) in [5.41, 5.74) is 8.12. The van der Waals surface area contributed by atoms with Gasteiger partial charge in [-0.3, -0.25) is 9.59 Å². The van der Waals surface area contributed by atoms with Gasteiger partial charge in [-0.1, -0.05) is 23.7 Å². The second kappa shape index (κ2) is 6.82. The molecule has 2 aromatic rings. The predicted molar refractivity (Wildman–Crippen MR) is 81.4 cm³/mol. The van der Waals surface area contributed by atoms with Crippen LogP contribution in [0.5, 0.6) is 0 Å². The van der Waals surface area contributed by atoms with Gasteiger partial charge in [-0.15, -0.1) is 0 Å². The Morgan fingerprint density at radius 1 is 1.14 bits per heavy atom. The Balaban J connectivity index is 2.14. The first-order valence-corrected chi connectivity index (χ1v) is 6.53. The van der Waals surface area contributed by atoms with Crippen LogP contribution in [0.1, 0.15) is 26.3 Å². The lowest BCUT2D eigenvalue weighted by molar-refractivity contribution is 0.0937. The van der Waals surface area contributed by atoms with Gasteiger partial charge in [-0.05, 0) is 35.9 Å². The first-order chi connectivity index (χ1) is 10.5. The Bertz CT molecular complexity index is 745. The summed E-state index contributed by atoms with van der Waals surface area (Å²) in [5.74, 6) is -1.75. The lowest BCUT2D eigenvalue weighted by Crippen LogP contribution is -2.23. The number of nitrogens with two attached hydrogens (primary N) is 1. The Hall–Kier alpha value is -2.73. The summed E-state index contributed by atoms with van der Waals surface area (Å²) in [6, 6.07) is 9.68. The largest absolute Gasteiger partial charge is 0.366 e. The highest BCUT2D eigenvalue weighted by Crippen LogP contribution is 2.15. The molecule has 7 heteroatoms. The molecule has 2 aromatic carbocycles. The molecule has 0 saturated carbocycles. The SMILES string of the molecule is NC(=O)c1ccc(Cl)cc1C(=O)NN=Cc1ccc(F)cc1.